The molecule has 0 radical (unpaired) electrons. The van der Waals surface area contributed by atoms with Gasteiger partial charge in [0.05, 0.1) is 13.2 Å². The lowest BCUT2D eigenvalue weighted by Gasteiger charge is -2.26. The molecule has 1 aliphatic heterocycles. The maximum absolute atomic E-state index is 5.82. The van der Waals surface area contributed by atoms with Crippen LogP contribution in [0.25, 0.3) is 11.1 Å². The molecule has 0 amide bonds. The second-order valence-corrected chi connectivity index (χ2v) is 7.00. The number of benzene rings is 1. The molecule has 2 aromatic rings. The Labute approximate surface area is 155 Å². The van der Waals surface area contributed by atoms with Crippen LogP contribution in [0.1, 0.15) is 31.7 Å². The molecule has 3 N–H and O–H groups in total. The van der Waals surface area contributed by atoms with Gasteiger partial charge in [-0.3, -0.25) is 4.90 Å². The molecule has 1 saturated heterocycles. The zero-order valence-corrected chi connectivity index (χ0v) is 15.7. The second kappa shape index (κ2) is 8.96. The van der Waals surface area contributed by atoms with Crippen molar-refractivity contribution in [2.75, 3.05) is 50.4 Å². The normalized spacial score (nSPS) is 15.3. The molecule has 2 heterocycles. The fourth-order valence-electron chi connectivity index (χ4n) is 3.14. The van der Waals surface area contributed by atoms with Gasteiger partial charge in [-0.05, 0) is 30.0 Å². The minimum Gasteiger partial charge on any atom is -0.379 e. The molecule has 1 aromatic carbocycles. The topological polar surface area (TPSA) is 76.3 Å². The van der Waals surface area contributed by atoms with Crippen LogP contribution in [0.5, 0.6) is 0 Å². The van der Waals surface area contributed by atoms with E-state index in [9.17, 15) is 0 Å². The van der Waals surface area contributed by atoms with Gasteiger partial charge in [-0.15, -0.1) is 0 Å². The summed E-state index contributed by atoms with van der Waals surface area (Å²) < 4.78 is 5.39. The van der Waals surface area contributed by atoms with Crippen LogP contribution >= 0.6 is 0 Å². The van der Waals surface area contributed by atoms with Crippen molar-refractivity contribution in [2.24, 2.45) is 0 Å². The number of nitrogens with zero attached hydrogens (tertiary/aromatic N) is 3. The number of nitrogen functional groups attached to an aromatic ring is 1. The van der Waals surface area contributed by atoms with Gasteiger partial charge >= 0.3 is 0 Å². The van der Waals surface area contributed by atoms with E-state index in [0.29, 0.717) is 11.9 Å². The Morgan fingerprint density at radius 3 is 2.85 bits per heavy atom. The highest BCUT2D eigenvalue weighted by Crippen LogP contribution is 2.28. The van der Waals surface area contributed by atoms with Gasteiger partial charge in [-0.25, -0.2) is 4.98 Å². The molecule has 0 spiro atoms. The van der Waals surface area contributed by atoms with Gasteiger partial charge in [0.1, 0.15) is 5.82 Å². The van der Waals surface area contributed by atoms with E-state index in [1.165, 1.54) is 5.56 Å². The largest absolute Gasteiger partial charge is 0.379 e. The Kier molecular flexibility index (Phi) is 6.41. The van der Waals surface area contributed by atoms with Crippen LogP contribution in [0.15, 0.2) is 30.5 Å². The number of hydrogen-bond acceptors (Lipinski definition) is 6. The molecule has 3 rings (SSSR count). The summed E-state index contributed by atoms with van der Waals surface area (Å²) in [6, 6.07) is 8.54. The van der Waals surface area contributed by atoms with E-state index >= 15 is 0 Å². The van der Waals surface area contributed by atoms with Crippen LogP contribution in [-0.4, -0.2) is 54.3 Å². The molecule has 1 aromatic heterocycles. The van der Waals surface area contributed by atoms with E-state index in [2.05, 4.69) is 58.3 Å². The van der Waals surface area contributed by atoms with Gasteiger partial charge in [0.2, 0.25) is 5.95 Å². The third-order valence-electron chi connectivity index (χ3n) is 4.72. The highest BCUT2D eigenvalue weighted by molar-refractivity contribution is 5.75. The highest BCUT2D eigenvalue weighted by Gasteiger charge is 2.12. The number of anilines is 2. The molecular weight excluding hydrogens is 326 g/mol. The van der Waals surface area contributed by atoms with E-state index in [4.69, 9.17) is 10.5 Å². The van der Waals surface area contributed by atoms with Gasteiger partial charge in [0.25, 0.3) is 0 Å². The van der Waals surface area contributed by atoms with E-state index in [0.717, 1.165) is 62.8 Å². The van der Waals surface area contributed by atoms with Crippen molar-refractivity contribution >= 4 is 11.8 Å². The summed E-state index contributed by atoms with van der Waals surface area (Å²) in [6.07, 6.45) is 2.86. The summed E-state index contributed by atoms with van der Waals surface area (Å²) in [5, 5.41) is 3.45. The number of aromatic nitrogens is 2. The lowest BCUT2D eigenvalue weighted by molar-refractivity contribution is 0.0378. The Bertz CT molecular complexity index is 713. The van der Waals surface area contributed by atoms with Gasteiger partial charge in [-0.1, -0.05) is 38.1 Å². The number of ether oxygens (including phenoxy) is 1. The maximum Gasteiger partial charge on any atom is 0.221 e. The molecule has 26 heavy (non-hydrogen) atoms. The standard InChI is InChI=1S/C20H29N5O/c1-15(2)16-5-3-6-17(13-16)18-14-23-20(21)24-19(18)22-7-4-8-25-9-11-26-12-10-25/h3,5-6,13-15H,4,7-12H2,1-2H3,(H3,21,22,23,24). The Morgan fingerprint density at radius 2 is 2.08 bits per heavy atom. The summed E-state index contributed by atoms with van der Waals surface area (Å²) in [6.45, 7) is 10.0. The lowest BCUT2D eigenvalue weighted by Crippen LogP contribution is -2.37. The fourth-order valence-corrected chi connectivity index (χ4v) is 3.14. The van der Waals surface area contributed by atoms with Crippen LogP contribution in [-0.2, 0) is 4.74 Å². The first-order valence-corrected chi connectivity index (χ1v) is 9.40. The van der Waals surface area contributed by atoms with Crippen LogP contribution in [0.2, 0.25) is 0 Å². The van der Waals surface area contributed by atoms with E-state index < -0.39 is 0 Å². The van der Waals surface area contributed by atoms with Crippen LogP contribution < -0.4 is 11.1 Å². The predicted molar refractivity (Wildman–Crippen MR) is 106 cm³/mol. The smallest absolute Gasteiger partial charge is 0.221 e. The highest BCUT2D eigenvalue weighted by atomic mass is 16.5. The maximum atomic E-state index is 5.82. The third-order valence-corrected chi connectivity index (χ3v) is 4.72. The quantitative estimate of drug-likeness (QED) is 0.744. The van der Waals surface area contributed by atoms with Crippen molar-refractivity contribution in [3.05, 3.63) is 36.0 Å². The van der Waals surface area contributed by atoms with Crippen LogP contribution in [0.4, 0.5) is 11.8 Å². The summed E-state index contributed by atoms with van der Waals surface area (Å²) in [5.74, 6) is 1.58. The number of hydrogen-bond donors (Lipinski definition) is 2. The molecule has 140 valence electrons. The van der Waals surface area contributed by atoms with Crippen molar-refractivity contribution in [1.29, 1.82) is 0 Å². The Balaban J connectivity index is 1.67. The van der Waals surface area contributed by atoms with Gasteiger partial charge in [-0.2, -0.15) is 4.98 Å². The van der Waals surface area contributed by atoms with Gasteiger partial charge in [0, 0.05) is 31.4 Å². The monoisotopic (exact) mass is 355 g/mol. The first kappa shape index (κ1) is 18.6. The number of nitrogens with one attached hydrogen (secondary N) is 1. The third kappa shape index (κ3) is 4.93. The molecule has 1 aliphatic rings. The molecule has 0 saturated carbocycles. The average molecular weight is 355 g/mol. The van der Waals surface area contributed by atoms with E-state index in [1.54, 1.807) is 0 Å². The predicted octanol–water partition coefficient (Wildman–Crippen LogP) is 2.98. The molecule has 0 aliphatic carbocycles. The van der Waals surface area contributed by atoms with Crippen molar-refractivity contribution in [3.8, 4) is 11.1 Å². The first-order chi connectivity index (χ1) is 12.6. The van der Waals surface area contributed by atoms with Crippen LogP contribution in [0, 0.1) is 0 Å². The minimum atomic E-state index is 0.296. The fraction of sp³-hybridized carbons (Fsp3) is 0.500. The van der Waals surface area contributed by atoms with E-state index in [-0.39, 0.29) is 0 Å². The van der Waals surface area contributed by atoms with Gasteiger partial charge in [0.15, 0.2) is 0 Å². The molecule has 0 atom stereocenters. The molecule has 6 heteroatoms. The zero-order valence-electron chi connectivity index (χ0n) is 15.7. The van der Waals surface area contributed by atoms with Crippen molar-refractivity contribution in [1.82, 2.24) is 14.9 Å². The Morgan fingerprint density at radius 1 is 1.27 bits per heavy atom. The first-order valence-electron chi connectivity index (χ1n) is 9.40. The molecule has 1 fully saturated rings. The summed E-state index contributed by atoms with van der Waals surface area (Å²) in [5.41, 5.74) is 9.23. The number of nitrogens with two attached hydrogens (primary N) is 1. The molecular formula is C20H29N5O. The van der Waals surface area contributed by atoms with Crippen LogP contribution in [0.3, 0.4) is 0 Å². The number of morpholine rings is 1. The minimum absolute atomic E-state index is 0.296. The summed E-state index contributed by atoms with van der Waals surface area (Å²) >= 11 is 0. The SMILES string of the molecule is CC(C)c1cccc(-c2cnc(N)nc2NCCCN2CCOCC2)c1. The van der Waals surface area contributed by atoms with Gasteiger partial charge < -0.3 is 15.8 Å². The van der Waals surface area contributed by atoms with Crippen molar-refractivity contribution in [2.45, 2.75) is 26.2 Å². The van der Waals surface area contributed by atoms with E-state index in [1.807, 2.05) is 6.20 Å². The summed E-state index contributed by atoms with van der Waals surface area (Å²) in [7, 11) is 0. The number of rotatable bonds is 7. The zero-order chi connectivity index (χ0) is 18.4. The lowest BCUT2D eigenvalue weighted by atomic mass is 9.98. The van der Waals surface area contributed by atoms with Crippen molar-refractivity contribution < 1.29 is 4.74 Å². The molecule has 0 unspecified atom stereocenters. The second-order valence-electron chi connectivity index (χ2n) is 7.00. The average Bonchev–Trinajstić information content (AvgIpc) is 2.66. The molecule has 6 nitrogen and oxygen atoms in total. The Hall–Kier alpha value is -2.18. The van der Waals surface area contributed by atoms with Crippen molar-refractivity contribution in [3.63, 3.8) is 0 Å². The molecule has 0 bridgehead atoms. The summed E-state index contributed by atoms with van der Waals surface area (Å²) in [4.78, 5) is 11.1.